The number of nitrogens with one attached hydrogen (secondary N) is 3. The molecule has 0 bridgehead atoms. The Hall–Kier alpha value is -4.15. The van der Waals surface area contributed by atoms with Crippen LogP contribution in [0.4, 0.5) is 20.3 Å². The largest absolute Gasteiger partial charge is 0.350 e. The van der Waals surface area contributed by atoms with Crippen molar-refractivity contribution >= 4 is 46.3 Å². The highest BCUT2D eigenvalue weighted by Gasteiger charge is 2.26. The molecule has 1 amide bonds. The maximum absolute atomic E-state index is 14.7. The molecule has 1 unspecified atom stereocenters. The normalized spacial score (nSPS) is 13.9. The van der Waals surface area contributed by atoms with E-state index in [-0.39, 0.29) is 27.3 Å². The number of anilines is 2. The minimum atomic E-state index is -0.502. The Balaban J connectivity index is 1.29. The number of rotatable bonds is 5. The van der Waals surface area contributed by atoms with Crippen molar-refractivity contribution in [1.29, 1.82) is 0 Å². The van der Waals surface area contributed by atoms with Crippen LogP contribution in [-0.2, 0) is 12.8 Å². The van der Waals surface area contributed by atoms with E-state index in [2.05, 4.69) is 26.1 Å². The number of carbonyl (C=O) groups is 1. The van der Waals surface area contributed by atoms with Gasteiger partial charge in [-0.15, -0.1) is 0 Å². The minimum absolute atomic E-state index is 0.200. The van der Waals surface area contributed by atoms with Gasteiger partial charge in [-0.25, -0.2) is 13.8 Å². The highest BCUT2D eigenvalue weighted by atomic mass is 35.5. The molecule has 0 aliphatic heterocycles. The molecular formula is C28H23ClF2N6OS. The van der Waals surface area contributed by atoms with E-state index >= 15 is 0 Å². The zero-order valence-electron chi connectivity index (χ0n) is 20.7. The van der Waals surface area contributed by atoms with Crippen LogP contribution in [0, 0.1) is 11.6 Å². The first-order valence-electron chi connectivity index (χ1n) is 12.0. The van der Waals surface area contributed by atoms with E-state index in [1.54, 1.807) is 31.6 Å². The molecule has 7 nitrogen and oxygen atoms in total. The lowest BCUT2D eigenvalue weighted by Crippen LogP contribution is -2.41. The minimum Gasteiger partial charge on any atom is -0.350 e. The lowest BCUT2D eigenvalue weighted by molar-refractivity contribution is 0.0992. The Bertz CT molecular complexity index is 1570. The number of fused-ring (bicyclic) bond motifs is 2. The Kier molecular flexibility index (Phi) is 7.67. The highest BCUT2D eigenvalue weighted by Crippen LogP contribution is 2.33. The van der Waals surface area contributed by atoms with Crippen molar-refractivity contribution in [2.75, 3.05) is 17.4 Å². The number of hydrogen-bond donors (Lipinski definition) is 3. The van der Waals surface area contributed by atoms with Crippen molar-refractivity contribution in [3.05, 3.63) is 118 Å². The summed E-state index contributed by atoms with van der Waals surface area (Å²) in [6, 6.07) is 13.5. The SMILES string of the molecule is CN(C(=O)c1cccc(F)c1)c1cnc(NNC(=S)NC2c3cnccc3CCc3c(F)cccc32)c(Cl)c1. The number of pyridine rings is 2. The second kappa shape index (κ2) is 11.3. The maximum Gasteiger partial charge on any atom is 0.258 e. The molecule has 5 rings (SSSR count). The fourth-order valence-corrected chi connectivity index (χ4v) is 4.91. The molecule has 0 spiro atoms. The number of hydrogen-bond acceptors (Lipinski definition) is 5. The molecule has 39 heavy (non-hydrogen) atoms. The molecule has 11 heteroatoms. The van der Waals surface area contributed by atoms with Gasteiger partial charge in [0.1, 0.15) is 11.6 Å². The van der Waals surface area contributed by atoms with Gasteiger partial charge in [0.05, 0.1) is 22.9 Å². The molecule has 0 saturated heterocycles. The zero-order valence-corrected chi connectivity index (χ0v) is 22.3. The number of nitrogens with zero attached hydrogens (tertiary/aromatic N) is 3. The van der Waals surface area contributed by atoms with Crippen molar-refractivity contribution in [1.82, 2.24) is 20.7 Å². The molecule has 0 saturated carbocycles. The van der Waals surface area contributed by atoms with Gasteiger partial charge in [0.15, 0.2) is 10.9 Å². The number of aryl methyl sites for hydroxylation is 1. The standard InChI is InChI=1S/C28H23ClF2N6OS/c1-37(27(38)17-4-2-5-18(30)12-17)19-13-23(29)26(33-14-19)35-36-28(39)34-25-21-6-3-7-24(31)20(21)9-8-16-10-11-32-15-22(16)25/h2-7,10-15,25H,8-9H2,1H3,(H,33,35)(H2,34,36,39). The van der Waals surface area contributed by atoms with E-state index in [1.807, 2.05) is 12.1 Å². The van der Waals surface area contributed by atoms with E-state index in [0.29, 0.717) is 24.1 Å². The van der Waals surface area contributed by atoms with Gasteiger partial charge in [0, 0.05) is 30.6 Å². The smallest absolute Gasteiger partial charge is 0.258 e. The third-order valence-electron chi connectivity index (χ3n) is 6.53. The molecule has 1 atom stereocenters. The van der Waals surface area contributed by atoms with Crippen LogP contribution in [0.2, 0.25) is 5.02 Å². The van der Waals surface area contributed by atoms with Gasteiger partial charge in [-0.2, -0.15) is 0 Å². The molecule has 0 radical (unpaired) electrons. The first-order valence-corrected chi connectivity index (χ1v) is 12.8. The molecule has 1 aliphatic carbocycles. The number of benzene rings is 2. The predicted molar refractivity (Wildman–Crippen MR) is 151 cm³/mol. The first kappa shape index (κ1) is 26.5. The first-order chi connectivity index (χ1) is 18.8. The predicted octanol–water partition coefficient (Wildman–Crippen LogP) is 5.36. The Labute approximate surface area is 234 Å². The summed E-state index contributed by atoms with van der Waals surface area (Å²) in [5, 5.41) is 3.70. The summed E-state index contributed by atoms with van der Waals surface area (Å²) in [6.45, 7) is 0. The van der Waals surface area contributed by atoms with Crippen LogP contribution in [0.3, 0.4) is 0 Å². The zero-order chi connectivity index (χ0) is 27.5. The van der Waals surface area contributed by atoms with Gasteiger partial charge in [0.2, 0.25) is 0 Å². The monoisotopic (exact) mass is 564 g/mol. The number of amides is 1. The van der Waals surface area contributed by atoms with E-state index in [9.17, 15) is 13.6 Å². The number of thiocarbonyl (C=S) groups is 1. The second-order valence-electron chi connectivity index (χ2n) is 8.94. The Morgan fingerprint density at radius 2 is 1.90 bits per heavy atom. The van der Waals surface area contributed by atoms with E-state index in [1.165, 1.54) is 35.4 Å². The van der Waals surface area contributed by atoms with Crippen molar-refractivity contribution in [3.8, 4) is 0 Å². The number of carbonyl (C=O) groups excluding carboxylic acids is 1. The average Bonchev–Trinajstić information content (AvgIpc) is 3.09. The Morgan fingerprint density at radius 3 is 2.69 bits per heavy atom. The van der Waals surface area contributed by atoms with Crippen molar-refractivity contribution < 1.29 is 13.6 Å². The maximum atomic E-state index is 14.7. The van der Waals surface area contributed by atoms with Crippen LogP contribution in [0.5, 0.6) is 0 Å². The number of aromatic nitrogens is 2. The third-order valence-corrected chi connectivity index (χ3v) is 7.04. The Morgan fingerprint density at radius 1 is 1.08 bits per heavy atom. The third kappa shape index (κ3) is 5.67. The van der Waals surface area contributed by atoms with Crippen molar-refractivity contribution in [2.45, 2.75) is 18.9 Å². The lowest BCUT2D eigenvalue weighted by Gasteiger charge is -2.24. The van der Waals surface area contributed by atoms with Crippen LogP contribution in [0.1, 0.15) is 38.7 Å². The lowest BCUT2D eigenvalue weighted by atomic mass is 9.96. The van der Waals surface area contributed by atoms with Crippen LogP contribution < -0.4 is 21.1 Å². The van der Waals surface area contributed by atoms with E-state index < -0.39 is 17.8 Å². The van der Waals surface area contributed by atoms with Crippen LogP contribution in [0.15, 0.2) is 73.2 Å². The van der Waals surface area contributed by atoms with Crippen molar-refractivity contribution in [2.24, 2.45) is 0 Å². The summed E-state index contributed by atoms with van der Waals surface area (Å²) in [4.78, 5) is 22.6. The molecule has 1 aliphatic rings. The van der Waals surface area contributed by atoms with Gasteiger partial charge < -0.3 is 10.2 Å². The van der Waals surface area contributed by atoms with Gasteiger partial charge in [0.25, 0.3) is 5.91 Å². The molecule has 198 valence electrons. The quantitative estimate of drug-likeness (QED) is 0.222. The average molecular weight is 565 g/mol. The fourth-order valence-electron chi connectivity index (χ4n) is 4.53. The van der Waals surface area contributed by atoms with Crippen LogP contribution >= 0.6 is 23.8 Å². The molecule has 0 fully saturated rings. The summed E-state index contributed by atoms with van der Waals surface area (Å²) in [7, 11) is 1.55. The fraction of sp³-hybridized carbons (Fsp3) is 0.143. The van der Waals surface area contributed by atoms with Gasteiger partial charge in [-0.1, -0.05) is 29.8 Å². The van der Waals surface area contributed by atoms with Gasteiger partial charge in [-0.3, -0.25) is 20.6 Å². The molecule has 2 heterocycles. The van der Waals surface area contributed by atoms with Crippen LogP contribution in [0.25, 0.3) is 0 Å². The highest BCUT2D eigenvalue weighted by molar-refractivity contribution is 7.80. The molecule has 4 aromatic rings. The van der Waals surface area contributed by atoms with Gasteiger partial charge in [-0.05, 0) is 78.1 Å². The molecule has 2 aromatic heterocycles. The molecular weight excluding hydrogens is 542 g/mol. The summed E-state index contributed by atoms with van der Waals surface area (Å²) >= 11 is 11.9. The second-order valence-corrected chi connectivity index (χ2v) is 9.75. The number of halogens is 3. The van der Waals surface area contributed by atoms with Crippen LogP contribution in [-0.4, -0.2) is 28.0 Å². The number of hydrazine groups is 1. The van der Waals surface area contributed by atoms with E-state index in [0.717, 1.165) is 22.8 Å². The molecule has 3 N–H and O–H groups in total. The topological polar surface area (TPSA) is 82.2 Å². The van der Waals surface area contributed by atoms with Crippen molar-refractivity contribution in [3.63, 3.8) is 0 Å². The molecule has 2 aromatic carbocycles. The summed E-state index contributed by atoms with van der Waals surface area (Å²) in [5.74, 6) is -0.899. The summed E-state index contributed by atoms with van der Waals surface area (Å²) < 4.78 is 28.2. The summed E-state index contributed by atoms with van der Waals surface area (Å²) in [6.07, 6.45) is 6.20. The van der Waals surface area contributed by atoms with Gasteiger partial charge >= 0.3 is 0 Å². The van der Waals surface area contributed by atoms with E-state index in [4.69, 9.17) is 23.8 Å². The summed E-state index contributed by atoms with van der Waals surface area (Å²) in [5.41, 5.74) is 9.77.